The van der Waals surface area contributed by atoms with Gasteiger partial charge in [0.05, 0.1) is 11.1 Å². The molecule has 2 nitrogen and oxygen atoms in total. The van der Waals surface area contributed by atoms with Gasteiger partial charge in [0.2, 0.25) is 0 Å². The van der Waals surface area contributed by atoms with Gasteiger partial charge in [0.1, 0.15) is 5.58 Å². The number of hydrogen-bond donors (Lipinski definition) is 0. The monoisotopic (exact) mass is 777 g/mol. The number of rotatable bonds is 7. The Hall–Kier alpha value is -7.94. The van der Waals surface area contributed by atoms with Crippen molar-refractivity contribution in [3.05, 3.63) is 259 Å². The molecule has 0 fully saturated rings. The summed E-state index contributed by atoms with van der Waals surface area (Å²) in [6, 6.07) is 86.0. The van der Waals surface area contributed by atoms with Gasteiger partial charge < -0.3 is 9.32 Å². The molecule has 0 aliphatic heterocycles. The van der Waals surface area contributed by atoms with E-state index in [2.05, 4.69) is 241 Å². The highest BCUT2D eigenvalue weighted by atomic mass is 16.3. The second kappa shape index (κ2) is 14.1. The number of nitrogens with zero attached hydrogens (tertiary/aromatic N) is 1. The van der Waals surface area contributed by atoms with Crippen LogP contribution >= 0.6 is 0 Å². The Balaban J connectivity index is 1.18. The maximum atomic E-state index is 7.15. The van der Waals surface area contributed by atoms with Crippen molar-refractivity contribution in [2.45, 2.75) is 5.41 Å². The van der Waals surface area contributed by atoms with Crippen molar-refractivity contribution in [1.82, 2.24) is 0 Å². The molecule has 0 unspecified atom stereocenters. The van der Waals surface area contributed by atoms with Gasteiger partial charge in [0.25, 0.3) is 0 Å². The summed E-state index contributed by atoms with van der Waals surface area (Å²) < 4.78 is 7.15. The number of fused-ring (bicyclic) bond motifs is 7. The average molecular weight is 778 g/mol. The normalized spacial score (nSPS) is 12.7. The van der Waals surface area contributed by atoms with E-state index >= 15 is 0 Å². The molecule has 1 aliphatic rings. The van der Waals surface area contributed by atoms with Crippen molar-refractivity contribution in [2.75, 3.05) is 4.90 Å². The van der Waals surface area contributed by atoms with Crippen LogP contribution in [0.5, 0.6) is 0 Å². The van der Waals surface area contributed by atoms with Crippen LogP contribution in [0.15, 0.2) is 241 Å². The maximum absolute atomic E-state index is 7.15. The Kier molecular flexibility index (Phi) is 8.11. The summed E-state index contributed by atoms with van der Waals surface area (Å²) in [7, 11) is 0. The van der Waals surface area contributed by atoms with Crippen LogP contribution in [0.3, 0.4) is 0 Å². The highest BCUT2D eigenvalue weighted by Gasteiger charge is 2.46. The summed E-state index contributed by atoms with van der Waals surface area (Å²) in [5.41, 5.74) is 16.3. The molecule has 1 aliphatic carbocycles. The molecular formula is C59H39NO. The molecule has 11 aromatic rings. The summed E-state index contributed by atoms with van der Waals surface area (Å²) in [5, 5.41) is 4.53. The zero-order valence-corrected chi connectivity index (χ0v) is 33.4. The van der Waals surface area contributed by atoms with Crippen LogP contribution in [0.25, 0.3) is 66.1 Å². The predicted octanol–water partition coefficient (Wildman–Crippen LogP) is 15.9. The molecule has 0 bridgehead atoms. The molecule has 0 atom stereocenters. The van der Waals surface area contributed by atoms with Crippen LogP contribution in [0.1, 0.15) is 22.3 Å². The third-order valence-electron chi connectivity index (χ3n) is 12.7. The van der Waals surface area contributed by atoms with Crippen molar-refractivity contribution in [1.29, 1.82) is 0 Å². The molecule has 0 spiro atoms. The maximum Gasteiger partial charge on any atom is 0.160 e. The third-order valence-corrected chi connectivity index (χ3v) is 12.7. The molecular weight excluding hydrogens is 739 g/mol. The van der Waals surface area contributed by atoms with Crippen LogP contribution in [0.2, 0.25) is 0 Å². The zero-order valence-electron chi connectivity index (χ0n) is 33.4. The minimum Gasteiger partial charge on any atom is -0.454 e. The minimum absolute atomic E-state index is 0.555. The number of furan rings is 1. The molecule has 286 valence electrons. The van der Waals surface area contributed by atoms with Gasteiger partial charge in [-0.25, -0.2) is 0 Å². The lowest BCUT2D eigenvalue weighted by atomic mass is 9.67. The first kappa shape index (κ1) is 35.0. The van der Waals surface area contributed by atoms with Crippen LogP contribution in [-0.4, -0.2) is 0 Å². The largest absolute Gasteiger partial charge is 0.454 e. The Morgan fingerprint density at radius 1 is 0.344 bits per heavy atom. The zero-order chi connectivity index (χ0) is 40.3. The van der Waals surface area contributed by atoms with Crippen molar-refractivity contribution in [2.24, 2.45) is 0 Å². The van der Waals surface area contributed by atoms with Gasteiger partial charge >= 0.3 is 0 Å². The molecule has 0 saturated heterocycles. The summed E-state index contributed by atoms with van der Waals surface area (Å²) in [6.07, 6.45) is 0. The summed E-state index contributed by atoms with van der Waals surface area (Å²) in [6.45, 7) is 0. The van der Waals surface area contributed by atoms with Crippen molar-refractivity contribution in [3.63, 3.8) is 0 Å². The number of anilines is 3. The lowest BCUT2D eigenvalue weighted by Crippen LogP contribution is -2.28. The van der Waals surface area contributed by atoms with Gasteiger partial charge in [-0.05, 0) is 103 Å². The lowest BCUT2D eigenvalue weighted by Gasteiger charge is -2.35. The predicted molar refractivity (Wildman–Crippen MR) is 254 cm³/mol. The Bertz CT molecular complexity index is 3350. The molecule has 0 N–H and O–H groups in total. The Labute approximate surface area is 355 Å². The molecule has 0 saturated carbocycles. The summed E-state index contributed by atoms with van der Waals surface area (Å²) >= 11 is 0. The smallest absolute Gasteiger partial charge is 0.160 e. The van der Waals surface area contributed by atoms with Crippen molar-refractivity contribution in [3.8, 4) is 33.4 Å². The first-order chi connectivity index (χ1) is 30.3. The topological polar surface area (TPSA) is 16.4 Å². The Morgan fingerprint density at radius 2 is 0.869 bits per heavy atom. The molecule has 1 heterocycles. The van der Waals surface area contributed by atoms with Gasteiger partial charge in [-0.15, -0.1) is 0 Å². The SMILES string of the molecule is c1ccc(-c2ccc(N(c3ccc4c(c3)C(c3ccccc3)(c3ccccc3)c3ccccc3-4)c3c(-c4ccccc4)ccc4c3oc3cc5ccccc5cc34)cc2)cc1. The van der Waals surface area contributed by atoms with E-state index in [0.29, 0.717) is 0 Å². The van der Waals surface area contributed by atoms with Gasteiger partial charge in [-0.3, -0.25) is 0 Å². The second-order valence-electron chi connectivity index (χ2n) is 16.0. The van der Waals surface area contributed by atoms with Crippen LogP contribution in [-0.2, 0) is 5.41 Å². The molecule has 61 heavy (non-hydrogen) atoms. The molecule has 10 aromatic carbocycles. The average Bonchev–Trinajstić information content (AvgIpc) is 3.85. The first-order valence-corrected chi connectivity index (χ1v) is 21.0. The van der Waals surface area contributed by atoms with Crippen LogP contribution in [0.4, 0.5) is 17.1 Å². The van der Waals surface area contributed by atoms with Crippen molar-refractivity contribution >= 4 is 49.8 Å². The Morgan fingerprint density at radius 3 is 1.56 bits per heavy atom. The summed E-state index contributed by atoms with van der Waals surface area (Å²) in [5.74, 6) is 0. The molecule has 0 radical (unpaired) electrons. The van der Waals surface area contributed by atoms with E-state index in [1.54, 1.807) is 0 Å². The van der Waals surface area contributed by atoms with Crippen molar-refractivity contribution < 1.29 is 4.42 Å². The standard InChI is InChI=1S/C59H39NO/c1-5-17-40(18-6-1)41-29-31-47(32-30-41)60(57-49(42-19-7-2-8-20-42)35-36-52-53-37-43-21-13-14-22-44(43)38-56(53)61-58(52)57)48-33-34-51-50-27-15-16-28-54(50)59(55(51)39-48,45-23-9-3-10-24-45)46-25-11-4-12-26-46/h1-39H. The van der Waals surface area contributed by atoms with Gasteiger partial charge in [-0.2, -0.15) is 0 Å². The second-order valence-corrected chi connectivity index (χ2v) is 16.0. The van der Waals surface area contributed by atoms with Crippen LogP contribution < -0.4 is 4.90 Å². The highest BCUT2D eigenvalue weighted by Crippen LogP contribution is 2.58. The fourth-order valence-corrected chi connectivity index (χ4v) is 10.00. The highest BCUT2D eigenvalue weighted by molar-refractivity contribution is 6.16. The number of benzene rings is 10. The minimum atomic E-state index is -0.555. The summed E-state index contributed by atoms with van der Waals surface area (Å²) in [4.78, 5) is 2.44. The van der Waals surface area contributed by atoms with E-state index in [0.717, 1.165) is 61.1 Å². The fraction of sp³-hybridized carbons (Fsp3) is 0.0169. The van der Waals surface area contributed by atoms with E-state index in [4.69, 9.17) is 4.42 Å². The number of hydrogen-bond acceptors (Lipinski definition) is 2. The third kappa shape index (κ3) is 5.50. The van der Waals surface area contributed by atoms with Gasteiger partial charge in [0.15, 0.2) is 5.58 Å². The van der Waals surface area contributed by atoms with E-state index in [1.165, 1.54) is 44.3 Å². The molecule has 12 rings (SSSR count). The lowest BCUT2D eigenvalue weighted by molar-refractivity contribution is 0.669. The molecule has 0 amide bonds. The fourth-order valence-electron chi connectivity index (χ4n) is 10.00. The van der Waals surface area contributed by atoms with Crippen LogP contribution in [0, 0.1) is 0 Å². The molecule has 2 heteroatoms. The van der Waals surface area contributed by atoms with Gasteiger partial charge in [-0.1, -0.05) is 194 Å². The van der Waals surface area contributed by atoms with E-state index in [9.17, 15) is 0 Å². The van der Waals surface area contributed by atoms with E-state index in [1.807, 2.05) is 0 Å². The van der Waals surface area contributed by atoms with E-state index in [-0.39, 0.29) is 0 Å². The molecule has 1 aromatic heterocycles. The van der Waals surface area contributed by atoms with E-state index < -0.39 is 5.41 Å². The van der Waals surface area contributed by atoms with Gasteiger partial charge in [0, 0.05) is 27.7 Å². The quantitative estimate of drug-likeness (QED) is 0.160. The first-order valence-electron chi connectivity index (χ1n) is 21.0.